The Labute approximate surface area is 184 Å². The second kappa shape index (κ2) is 13.2. The largest absolute Gasteiger partial charge is 0.497 e. The molecule has 0 aliphatic carbocycles. The summed E-state index contributed by atoms with van der Waals surface area (Å²) in [6.45, 7) is 6.19. The number of aryl methyl sites for hydroxylation is 2. The van der Waals surface area contributed by atoms with E-state index in [1.165, 1.54) is 0 Å². The Kier molecular flexibility index (Phi) is 11.4. The summed E-state index contributed by atoms with van der Waals surface area (Å²) >= 11 is 0. The summed E-state index contributed by atoms with van der Waals surface area (Å²) in [5.41, 5.74) is 2.13. The highest BCUT2D eigenvalue weighted by Gasteiger charge is 2.13. The van der Waals surface area contributed by atoms with Crippen LogP contribution in [0.2, 0.25) is 0 Å². The number of hydrogen-bond donors (Lipinski definition) is 2. The fraction of sp³-hybridized carbons (Fsp3) is 0.500. The van der Waals surface area contributed by atoms with E-state index in [9.17, 15) is 0 Å². The number of hydrogen-bond acceptors (Lipinski definition) is 5. The van der Waals surface area contributed by atoms with Gasteiger partial charge in [-0.1, -0.05) is 19.0 Å². The van der Waals surface area contributed by atoms with Crippen LogP contribution >= 0.6 is 24.0 Å². The SMILES string of the molecule is CCc1noc(CC)c1CNC(=NC)NCCCOc1ccc(OC)cc1.I. The molecule has 0 saturated carbocycles. The molecule has 1 aromatic carbocycles. The number of aliphatic imine (C=N–C) groups is 1. The summed E-state index contributed by atoms with van der Waals surface area (Å²) < 4.78 is 16.3. The Morgan fingerprint density at radius 3 is 2.43 bits per heavy atom. The summed E-state index contributed by atoms with van der Waals surface area (Å²) in [7, 11) is 3.41. The van der Waals surface area contributed by atoms with Gasteiger partial charge in [0.1, 0.15) is 17.3 Å². The van der Waals surface area contributed by atoms with E-state index in [-0.39, 0.29) is 24.0 Å². The number of nitrogens with zero attached hydrogens (tertiary/aromatic N) is 2. The molecule has 0 atom stereocenters. The summed E-state index contributed by atoms with van der Waals surface area (Å²) in [6, 6.07) is 7.59. The lowest BCUT2D eigenvalue weighted by Crippen LogP contribution is -2.37. The normalized spacial score (nSPS) is 10.9. The average molecular weight is 502 g/mol. The molecule has 0 aliphatic heterocycles. The van der Waals surface area contributed by atoms with Crippen molar-refractivity contribution >= 4 is 29.9 Å². The third-order valence-corrected chi connectivity index (χ3v) is 4.20. The first kappa shape index (κ1) is 24.1. The molecule has 28 heavy (non-hydrogen) atoms. The molecular formula is C20H31IN4O3. The van der Waals surface area contributed by atoms with Crippen molar-refractivity contribution in [3.8, 4) is 11.5 Å². The minimum atomic E-state index is 0. The molecule has 0 bridgehead atoms. The van der Waals surface area contributed by atoms with Gasteiger partial charge in [0.05, 0.1) is 19.4 Å². The molecular weight excluding hydrogens is 471 g/mol. The number of aromatic nitrogens is 1. The summed E-state index contributed by atoms with van der Waals surface area (Å²) in [5, 5.41) is 10.8. The van der Waals surface area contributed by atoms with Gasteiger partial charge >= 0.3 is 0 Å². The van der Waals surface area contributed by atoms with Crippen LogP contribution in [0.5, 0.6) is 11.5 Å². The molecule has 0 radical (unpaired) electrons. The van der Waals surface area contributed by atoms with Gasteiger partial charge in [0.2, 0.25) is 0 Å². The van der Waals surface area contributed by atoms with Gasteiger partial charge in [-0.05, 0) is 37.1 Å². The van der Waals surface area contributed by atoms with Crippen molar-refractivity contribution in [2.24, 2.45) is 4.99 Å². The Hall–Kier alpha value is -1.97. The van der Waals surface area contributed by atoms with Crippen LogP contribution in [0.1, 0.15) is 37.3 Å². The molecule has 8 heteroatoms. The quantitative estimate of drug-likeness (QED) is 0.224. The number of rotatable bonds is 10. The van der Waals surface area contributed by atoms with E-state index in [1.54, 1.807) is 14.2 Å². The van der Waals surface area contributed by atoms with Gasteiger partial charge in [0.25, 0.3) is 0 Å². The summed E-state index contributed by atoms with van der Waals surface area (Å²) in [4.78, 5) is 4.26. The first-order valence-electron chi connectivity index (χ1n) is 9.39. The first-order valence-corrected chi connectivity index (χ1v) is 9.39. The van der Waals surface area contributed by atoms with Crippen LogP contribution in [0.25, 0.3) is 0 Å². The molecule has 0 fully saturated rings. The highest BCUT2D eigenvalue weighted by molar-refractivity contribution is 14.0. The van der Waals surface area contributed by atoms with Crippen molar-refractivity contribution < 1.29 is 14.0 Å². The molecule has 0 unspecified atom stereocenters. The van der Waals surface area contributed by atoms with E-state index in [1.807, 2.05) is 24.3 Å². The smallest absolute Gasteiger partial charge is 0.191 e. The van der Waals surface area contributed by atoms with Crippen LogP contribution in [-0.2, 0) is 19.4 Å². The van der Waals surface area contributed by atoms with Crippen molar-refractivity contribution in [2.45, 2.75) is 39.7 Å². The third kappa shape index (κ3) is 7.21. The standard InChI is InChI=1S/C20H30N4O3.HI/c1-5-18-17(19(6-2)27-24-18)14-23-20(21-3)22-12-7-13-26-16-10-8-15(25-4)9-11-16;/h8-11H,5-7,12-14H2,1-4H3,(H2,21,22,23);1H. The molecule has 1 aromatic heterocycles. The van der Waals surface area contributed by atoms with E-state index < -0.39 is 0 Å². The van der Waals surface area contributed by atoms with E-state index in [2.05, 4.69) is 34.6 Å². The van der Waals surface area contributed by atoms with Gasteiger partial charge in [0.15, 0.2) is 5.96 Å². The minimum absolute atomic E-state index is 0. The van der Waals surface area contributed by atoms with Gasteiger partial charge in [0, 0.05) is 32.1 Å². The molecule has 2 rings (SSSR count). The van der Waals surface area contributed by atoms with Crippen LogP contribution in [-0.4, -0.2) is 38.4 Å². The third-order valence-electron chi connectivity index (χ3n) is 4.20. The second-order valence-electron chi connectivity index (χ2n) is 5.97. The van der Waals surface area contributed by atoms with Crippen LogP contribution in [0.3, 0.4) is 0 Å². The lowest BCUT2D eigenvalue weighted by atomic mass is 10.1. The van der Waals surface area contributed by atoms with E-state index >= 15 is 0 Å². The number of ether oxygens (including phenoxy) is 2. The molecule has 0 aliphatic rings. The monoisotopic (exact) mass is 502 g/mol. The maximum atomic E-state index is 5.72. The number of nitrogens with one attached hydrogen (secondary N) is 2. The molecule has 7 nitrogen and oxygen atoms in total. The van der Waals surface area contributed by atoms with Crippen molar-refractivity contribution in [3.05, 3.63) is 41.3 Å². The van der Waals surface area contributed by atoms with Gasteiger partial charge in [-0.25, -0.2) is 0 Å². The molecule has 2 N–H and O–H groups in total. The van der Waals surface area contributed by atoms with Crippen LogP contribution in [0.15, 0.2) is 33.8 Å². The van der Waals surface area contributed by atoms with Crippen LogP contribution in [0, 0.1) is 0 Å². The highest BCUT2D eigenvalue weighted by Crippen LogP contribution is 2.17. The molecule has 156 valence electrons. The number of methoxy groups -OCH3 is 1. The number of halogens is 1. The molecule has 0 saturated heterocycles. The van der Waals surface area contributed by atoms with E-state index in [4.69, 9.17) is 14.0 Å². The fourth-order valence-corrected chi connectivity index (χ4v) is 2.67. The molecule has 2 aromatic rings. The van der Waals surface area contributed by atoms with Crippen LogP contribution < -0.4 is 20.1 Å². The van der Waals surface area contributed by atoms with E-state index in [0.29, 0.717) is 13.2 Å². The van der Waals surface area contributed by atoms with Gasteiger partial charge in [-0.15, -0.1) is 24.0 Å². The van der Waals surface area contributed by atoms with Gasteiger partial charge in [-0.2, -0.15) is 0 Å². The number of guanidine groups is 1. The molecule has 0 amide bonds. The fourth-order valence-electron chi connectivity index (χ4n) is 2.67. The van der Waals surface area contributed by atoms with Crippen molar-refractivity contribution in [1.29, 1.82) is 0 Å². The van der Waals surface area contributed by atoms with Gasteiger partial charge < -0.3 is 24.6 Å². The lowest BCUT2D eigenvalue weighted by molar-refractivity contribution is 0.310. The second-order valence-corrected chi connectivity index (χ2v) is 5.97. The van der Waals surface area contributed by atoms with Crippen molar-refractivity contribution in [2.75, 3.05) is 27.3 Å². The maximum Gasteiger partial charge on any atom is 0.191 e. The van der Waals surface area contributed by atoms with Gasteiger partial charge in [-0.3, -0.25) is 4.99 Å². The Balaban J connectivity index is 0.00000392. The zero-order chi connectivity index (χ0) is 19.5. The Morgan fingerprint density at radius 2 is 1.82 bits per heavy atom. The zero-order valence-corrected chi connectivity index (χ0v) is 19.4. The predicted molar refractivity (Wildman–Crippen MR) is 122 cm³/mol. The van der Waals surface area contributed by atoms with Crippen molar-refractivity contribution in [1.82, 2.24) is 15.8 Å². The number of benzene rings is 1. The highest BCUT2D eigenvalue weighted by atomic mass is 127. The zero-order valence-electron chi connectivity index (χ0n) is 17.1. The van der Waals surface area contributed by atoms with E-state index in [0.717, 1.165) is 60.3 Å². The lowest BCUT2D eigenvalue weighted by Gasteiger charge is -2.12. The summed E-state index contributed by atoms with van der Waals surface area (Å²) in [5.74, 6) is 3.35. The minimum Gasteiger partial charge on any atom is -0.497 e. The van der Waals surface area contributed by atoms with Crippen LogP contribution in [0.4, 0.5) is 0 Å². The predicted octanol–water partition coefficient (Wildman–Crippen LogP) is 3.56. The Bertz CT molecular complexity index is 695. The Morgan fingerprint density at radius 1 is 1.11 bits per heavy atom. The topological polar surface area (TPSA) is 80.9 Å². The molecule has 1 heterocycles. The average Bonchev–Trinajstić information content (AvgIpc) is 3.12. The summed E-state index contributed by atoms with van der Waals surface area (Å²) in [6.07, 6.45) is 2.55. The van der Waals surface area contributed by atoms with Crippen molar-refractivity contribution in [3.63, 3.8) is 0 Å². The maximum absolute atomic E-state index is 5.72. The first-order chi connectivity index (χ1) is 13.2. The molecule has 0 spiro atoms.